The van der Waals surface area contributed by atoms with Gasteiger partial charge < -0.3 is 10.2 Å². The predicted octanol–water partition coefficient (Wildman–Crippen LogP) is 3.45. The molecule has 0 bridgehead atoms. The monoisotopic (exact) mass is 399 g/mol. The zero-order valence-electron chi connectivity index (χ0n) is 15.1. The second-order valence-electron chi connectivity index (χ2n) is 7.36. The summed E-state index contributed by atoms with van der Waals surface area (Å²) in [5, 5.41) is 14.8. The number of fused-ring (bicyclic) bond motifs is 1. The van der Waals surface area contributed by atoms with Crippen LogP contribution < -0.4 is 5.32 Å². The summed E-state index contributed by atoms with van der Waals surface area (Å²) in [6, 6.07) is 4.92. The number of carbonyl (C=O) groups is 1. The fourth-order valence-corrected chi connectivity index (χ4v) is 4.78. The topological polar surface area (TPSA) is 75.5 Å². The number of halogens is 1. The van der Waals surface area contributed by atoms with E-state index in [1.807, 2.05) is 4.90 Å². The highest BCUT2D eigenvalue weighted by Gasteiger charge is 2.38. The highest BCUT2D eigenvalue weighted by Crippen LogP contribution is 2.33. The van der Waals surface area contributed by atoms with E-state index in [1.165, 1.54) is 17.8 Å². The number of benzene rings is 1. The fraction of sp³-hybridized carbons (Fsp3) is 0.611. The van der Waals surface area contributed by atoms with E-state index in [9.17, 15) is 14.9 Å². The lowest BCUT2D eigenvalue weighted by Gasteiger charge is -2.17. The van der Waals surface area contributed by atoms with E-state index in [-0.39, 0.29) is 28.9 Å². The standard InChI is InChI=1S/C18H25N3O3S.ClH/c1-12(2)5-6-25-17-4-3-13(7-16(17)21(23)24)18(22)20-10-14-8-19-9-15(14)11-20;/h3-4,7,12,14-15,19H,5-6,8-11H2,1-2H3;1H/t14-,15+;. The minimum atomic E-state index is -0.378. The highest BCUT2D eigenvalue weighted by molar-refractivity contribution is 7.99. The average molecular weight is 400 g/mol. The van der Waals surface area contributed by atoms with Crippen LogP contribution in [0, 0.1) is 27.9 Å². The number of carbonyl (C=O) groups excluding carboxylic acids is 1. The normalized spacial score (nSPS) is 21.6. The number of thioether (sulfide) groups is 1. The van der Waals surface area contributed by atoms with E-state index in [2.05, 4.69) is 19.2 Å². The summed E-state index contributed by atoms with van der Waals surface area (Å²) in [6.07, 6.45) is 1.01. The van der Waals surface area contributed by atoms with E-state index < -0.39 is 0 Å². The van der Waals surface area contributed by atoms with Gasteiger partial charge in [0.05, 0.1) is 9.82 Å². The minimum absolute atomic E-state index is 0. The van der Waals surface area contributed by atoms with Crippen molar-refractivity contribution in [3.05, 3.63) is 33.9 Å². The van der Waals surface area contributed by atoms with E-state index >= 15 is 0 Å². The molecule has 1 N–H and O–H groups in total. The Morgan fingerprint density at radius 2 is 2.00 bits per heavy atom. The van der Waals surface area contributed by atoms with Gasteiger partial charge in [-0.3, -0.25) is 14.9 Å². The number of hydrogen-bond donors (Lipinski definition) is 1. The van der Waals surface area contributed by atoms with Gasteiger partial charge in [0.15, 0.2) is 0 Å². The highest BCUT2D eigenvalue weighted by atomic mass is 35.5. The first-order chi connectivity index (χ1) is 12.0. The number of nitrogens with one attached hydrogen (secondary N) is 1. The van der Waals surface area contributed by atoms with Gasteiger partial charge in [-0.05, 0) is 42.1 Å². The zero-order chi connectivity index (χ0) is 18.0. The molecule has 0 spiro atoms. The number of nitrogens with zero attached hydrogens (tertiary/aromatic N) is 2. The van der Waals surface area contributed by atoms with Gasteiger partial charge >= 0.3 is 0 Å². The van der Waals surface area contributed by atoms with Crippen molar-refractivity contribution < 1.29 is 9.72 Å². The number of nitro groups is 1. The Bertz CT molecular complexity index is 659. The summed E-state index contributed by atoms with van der Waals surface area (Å²) in [7, 11) is 0. The molecular formula is C18H26ClN3O3S. The quantitative estimate of drug-likeness (QED) is 0.450. The molecule has 2 aliphatic rings. The van der Waals surface area contributed by atoms with Crippen molar-refractivity contribution in [2.75, 3.05) is 31.9 Å². The Kier molecular flexibility index (Phi) is 7.32. The van der Waals surface area contributed by atoms with Crippen molar-refractivity contribution in [3.63, 3.8) is 0 Å². The fourth-order valence-electron chi connectivity index (χ4n) is 3.52. The average Bonchev–Trinajstić information content (AvgIpc) is 3.15. The lowest BCUT2D eigenvalue weighted by Crippen LogP contribution is -2.31. The molecule has 1 aromatic carbocycles. The van der Waals surface area contributed by atoms with Crippen LogP contribution in [0.15, 0.2) is 23.1 Å². The number of rotatable bonds is 6. The van der Waals surface area contributed by atoms with Crippen LogP contribution in [0.5, 0.6) is 0 Å². The Morgan fingerprint density at radius 1 is 1.35 bits per heavy atom. The SMILES string of the molecule is CC(C)CCSc1ccc(C(=O)N2C[C@H]3CNC[C@H]3C2)cc1[N+](=O)[O-].Cl. The third kappa shape index (κ3) is 4.69. The van der Waals surface area contributed by atoms with Crippen molar-refractivity contribution in [3.8, 4) is 0 Å². The van der Waals surface area contributed by atoms with Crippen LogP contribution in [0.25, 0.3) is 0 Å². The minimum Gasteiger partial charge on any atom is -0.338 e. The third-order valence-corrected chi connectivity index (χ3v) is 6.13. The van der Waals surface area contributed by atoms with Gasteiger partial charge in [-0.2, -0.15) is 0 Å². The lowest BCUT2D eigenvalue weighted by atomic mass is 10.0. The smallest absolute Gasteiger partial charge is 0.283 e. The first kappa shape index (κ1) is 21.0. The van der Waals surface area contributed by atoms with E-state index in [1.54, 1.807) is 12.1 Å². The molecule has 0 unspecified atom stereocenters. The van der Waals surface area contributed by atoms with Crippen molar-refractivity contribution in [1.82, 2.24) is 10.2 Å². The number of nitro benzene ring substituents is 1. The maximum Gasteiger partial charge on any atom is 0.283 e. The first-order valence-corrected chi connectivity index (χ1v) is 9.85. The predicted molar refractivity (Wildman–Crippen MR) is 106 cm³/mol. The number of hydrogen-bond acceptors (Lipinski definition) is 5. The molecule has 144 valence electrons. The summed E-state index contributed by atoms with van der Waals surface area (Å²) >= 11 is 1.50. The van der Waals surface area contributed by atoms with Crippen LogP contribution in [0.2, 0.25) is 0 Å². The van der Waals surface area contributed by atoms with Crippen LogP contribution >= 0.6 is 24.2 Å². The van der Waals surface area contributed by atoms with Gasteiger partial charge in [-0.25, -0.2) is 0 Å². The molecule has 8 heteroatoms. The zero-order valence-corrected chi connectivity index (χ0v) is 16.8. The van der Waals surface area contributed by atoms with E-state index in [4.69, 9.17) is 0 Å². The second-order valence-corrected chi connectivity index (χ2v) is 8.50. The largest absolute Gasteiger partial charge is 0.338 e. The van der Waals surface area contributed by atoms with Crippen LogP contribution in [0.3, 0.4) is 0 Å². The van der Waals surface area contributed by atoms with Crippen molar-refractivity contribution in [2.45, 2.75) is 25.2 Å². The van der Waals surface area contributed by atoms with Crippen LogP contribution in [0.4, 0.5) is 5.69 Å². The summed E-state index contributed by atoms with van der Waals surface area (Å²) in [4.78, 5) is 26.3. The van der Waals surface area contributed by atoms with Gasteiger partial charge in [0, 0.05) is 37.8 Å². The summed E-state index contributed by atoms with van der Waals surface area (Å²) in [5.74, 6) is 2.36. The van der Waals surface area contributed by atoms with Gasteiger partial charge in [0.1, 0.15) is 0 Å². The summed E-state index contributed by atoms with van der Waals surface area (Å²) < 4.78 is 0. The Hall–Kier alpha value is -1.31. The molecule has 2 heterocycles. The summed E-state index contributed by atoms with van der Waals surface area (Å²) in [6.45, 7) is 7.68. The molecular weight excluding hydrogens is 374 g/mol. The van der Waals surface area contributed by atoms with Crippen molar-refractivity contribution in [1.29, 1.82) is 0 Å². The van der Waals surface area contributed by atoms with Crippen LogP contribution in [-0.2, 0) is 0 Å². The maximum absolute atomic E-state index is 12.7. The second kappa shape index (κ2) is 9.06. The summed E-state index contributed by atoms with van der Waals surface area (Å²) in [5.41, 5.74) is 0.466. The van der Waals surface area contributed by atoms with Gasteiger partial charge in [0.2, 0.25) is 0 Å². The molecule has 1 aromatic rings. The molecule has 0 aliphatic carbocycles. The number of likely N-dealkylation sites (tertiary alicyclic amines) is 1. The Morgan fingerprint density at radius 3 is 2.58 bits per heavy atom. The molecule has 2 aliphatic heterocycles. The van der Waals surface area contributed by atoms with Gasteiger partial charge in [0.25, 0.3) is 11.6 Å². The maximum atomic E-state index is 12.7. The van der Waals surface area contributed by atoms with Gasteiger partial charge in [-0.1, -0.05) is 13.8 Å². The van der Waals surface area contributed by atoms with Crippen molar-refractivity contribution >= 4 is 35.8 Å². The Labute approximate surface area is 164 Å². The molecule has 2 fully saturated rings. The molecule has 2 saturated heterocycles. The molecule has 0 radical (unpaired) electrons. The molecule has 3 rings (SSSR count). The molecule has 6 nitrogen and oxygen atoms in total. The lowest BCUT2D eigenvalue weighted by molar-refractivity contribution is -0.387. The van der Waals surface area contributed by atoms with Crippen LogP contribution in [0.1, 0.15) is 30.6 Å². The van der Waals surface area contributed by atoms with E-state index in [0.717, 1.165) is 38.4 Å². The molecule has 26 heavy (non-hydrogen) atoms. The van der Waals surface area contributed by atoms with Crippen LogP contribution in [-0.4, -0.2) is 47.7 Å². The van der Waals surface area contributed by atoms with Crippen molar-refractivity contribution in [2.24, 2.45) is 17.8 Å². The molecule has 2 atom stereocenters. The van der Waals surface area contributed by atoms with E-state index in [0.29, 0.717) is 28.2 Å². The Balaban J connectivity index is 0.00000243. The first-order valence-electron chi connectivity index (χ1n) is 8.87. The van der Waals surface area contributed by atoms with Gasteiger partial charge in [-0.15, -0.1) is 24.2 Å². The molecule has 1 amide bonds. The third-order valence-electron chi connectivity index (χ3n) is 5.03. The number of amides is 1. The molecule has 0 saturated carbocycles. The molecule has 0 aromatic heterocycles.